The molecule has 0 aliphatic carbocycles. The molecule has 1 N–H and O–H groups in total. The van der Waals surface area contributed by atoms with Crippen molar-refractivity contribution in [2.75, 3.05) is 13.2 Å². The minimum atomic E-state index is 0.131. The predicted octanol–water partition coefficient (Wildman–Crippen LogP) is 2.27. The van der Waals surface area contributed by atoms with Crippen LogP contribution in [0.25, 0.3) is 0 Å². The molecule has 4 heteroatoms. The van der Waals surface area contributed by atoms with Crippen LogP contribution in [0.3, 0.4) is 0 Å². The van der Waals surface area contributed by atoms with Gasteiger partial charge in [0.05, 0.1) is 12.7 Å². The normalized spacial score (nSPS) is 20.8. The second kappa shape index (κ2) is 5.46. The predicted molar refractivity (Wildman–Crippen MR) is 61.0 cm³/mol. The van der Waals surface area contributed by atoms with Crippen LogP contribution in [0.15, 0.2) is 10.6 Å². The monoisotopic (exact) mass is 224 g/mol. The average molecular weight is 224 g/mol. The van der Waals surface area contributed by atoms with E-state index >= 15 is 0 Å². The van der Waals surface area contributed by atoms with Gasteiger partial charge in [-0.1, -0.05) is 13.8 Å². The van der Waals surface area contributed by atoms with Crippen molar-refractivity contribution >= 4 is 0 Å². The number of hydrogen-bond donors (Lipinski definition) is 1. The Morgan fingerprint density at radius 1 is 1.56 bits per heavy atom. The Hall–Kier alpha value is -0.870. The maximum atomic E-state index is 5.65. The molecule has 0 saturated carbocycles. The van der Waals surface area contributed by atoms with Crippen LogP contribution >= 0.6 is 0 Å². The van der Waals surface area contributed by atoms with E-state index in [9.17, 15) is 0 Å². The maximum absolute atomic E-state index is 5.65. The van der Waals surface area contributed by atoms with Gasteiger partial charge in [0.1, 0.15) is 6.10 Å². The van der Waals surface area contributed by atoms with Gasteiger partial charge in [-0.2, -0.15) is 0 Å². The number of ether oxygens (including phenoxy) is 1. The molecule has 0 bridgehead atoms. The summed E-state index contributed by atoms with van der Waals surface area (Å²) in [7, 11) is 0. The van der Waals surface area contributed by atoms with E-state index in [-0.39, 0.29) is 6.10 Å². The molecular weight excluding hydrogens is 204 g/mol. The Morgan fingerprint density at radius 3 is 3.12 bits per heavy atom. The minimum absolute atomic E-state index is 0.131. The Kier molecular flexibility index (Phi) is 3.96. The molecule has 1 aromatic heterocycles. The van der Waals surface area contributed by atoms with Gasteiger partial charge in [0, 0.05) is 6.61 Å². The van der Waals surface area contributed by atoms with Gasteiger partial charge >= 0.3 is 0 Å². The first-order valence-corrected chi connectivity index (χ1v) is 6.02. The maximum Gasteiger partial charge on any atom is 0.208 e. The van der Waals surface area contributed by atoms with Crippen LogP contribution in [0, 0.1) is 5.92 Å². The molecule has 16 heavy (non-hydrogen) atoms. The first kappa shape index (κ1) is 11.6. The summed E-state index contributed by atoms with van der Waals surface area (Å²) in [4.78, 5) is 4.25. The third-order valence-corrected chi connectivity index (χ3v) is 2.65. The van der Waals surface area contributed by atoms with Gasteiger partial charge in [-0.3, -0.25) is 0 Å². The van der Waals surface area contributed by atoms with Crippen molar-refractivity contribution in [1.29, 1.82) is 0 Å². The van der Waals surface area contributed by atoms with Gasteiger partial charge in [0.2, 0.25) is 5.89 Å². The van der Waals surface area contributed by atoms with E-state index in [1.165, 1.54) is 0 Å². The molecule has 1 aromatic rings. The molecule has 2 heterocycles. The summed E-state index contributed by atoms with van der Waals surface area (Å²) in [5.74, 6) is 2.28. The molecule has 0 amide bonds. The van der Waals surface area contributed by atoms with Crippen LogP contribution in [-0.4, -0.2) is 18.1 Å². The van der Waals surface area contributed by atoms with Crippen molar-refractivity contribution in [2.45, 2.75) is 39.3 Å². The molecule has 0 aromatic carbocycles. The standard InChI is InChI=1S/C12H20N2O2/c1-9(2)6-13-8-12-14-7-11(16-12)10-4-3-5-15-10/h7,9-10,13H,3-6,8H2,1-2H3. The number of rotatable bonds is 5. The van der Waals surface area contributed by atoms with E-state index in [2.05, 4.69) is 24.1 Å². The smallest absolute Gasteiger partial charge is 0.208 e. The van der Waals surface area contributed by atoms with Crippen LogP contribution in [0.5, 0.6) is 0 Å². The lowest BCUT2D eigenvalue weighted by Crippen LogP contribution is -2.19. The van der Waals surface area contributed by atoms with Crippen molar-refractivity contribution in [3.8, 4) is 0 Å². The van der Waals surface area contributed by atoms with Gasteiger partial charge in [0.25, 0.3) is 0 Å². The zero-order valence-corrected chi connectivity index (χ0v) is 10.0. The molecule has 4 nitrogen and oxygen atoms in total. The number of aromatic nitrogens is 1. The van der Waals surface area contributed by atoms with Gasteiger partial charge in [-0.15, -0.1) is 0 Å². The van der Waals surface area contributed by atoms with Gasteiger partial charge in [-0.25, -0.2) is 4.98 Å². The van der Waals surface area contributed by atoms with E-state index in [0.29, 0.717) is 12.5 Å². The summed E-state index contributed by atoms with van der Waals surface area (Å²) in [6, 6.07) is 0. The Morgan fingerprint density at radius 2 is 2.44 bits per heavy atom. The van der Waals surface area contributed by atoms with E-state index in [4.69, 9.17) is 9.15 Å². The molecule has 0 spiro atoms. The van der Waals surface area contributed by atoms with Crippen LogP contribution in [-0.2, 0) is 11.3 Å². The van der Waals surface area contributed by atoms with Gasteiger partial charge < -0.3 is 14.5 Å². The molecular formula is C12H20N2O2. The third kappa shape index (κ3) is 3.06. The minimum Gasteiger partial charge on any atom is -0.442 e. The number of nitrogens with zero attached hydrogens (tertiary/aromatic N) is 1. The molecule has 1 aliphatic rings. The molecule has 1 saturated heterocycles. The number of hydrogen-bond acceptors (Lipinski definition) is 4. The molecule has 1 atom stereocenters. The van der Waals surface area contributed by atoms with Gasteiger partial charge in [-0.05, 0) is 25.3 Å². The number of nitrogens with one attached hydrogen (secondary N) is 1. The molecule has 1 fully saturated rings. The van der Waals surface area contributed by atoms with Gasteiger partial charge in [0.15, 0.2) is 5.76 Å². The lowest BCUT2D eigenvalue weighted by molar-refractivity contribution is 0.0923. The first-order chi connectivity index (χ1) is 7.75. The summed E-state index contributed by atoms with van der Waals surface area (Å²) in [5, 5.41) is 3.31. The molecule has 1 unspecified atom stereocenters. The zero-order chi connectivity index (χ0) is 11.4. The van der Waals surface area contributed by atoms with E-state index in [0.717, 1.165) is 37.6 Å². The summed E-state index contributed by atoms with van der Waals surface area (Å²) in [6.07, 6.45) is 4.09. The van der Waals surface area contributed by atoms with Crippen molar-refractivity contribution in [1.82, 2.24) is 10.3 Å². The fourth-order valence-corrected chi connectivity index (χ4v) is 1.82. The number of oxazole rings is 1. The molecule has 2 rings (SSSR count). The Balaban J connectivity index is 1.82. The summed E-state index contributed by atoms with van der Waals surface area (Å²) >= 11 is 0. The van der Waals surface area contributed by atoms with Crippen LogP contribution < -0.4 is 5.32 Å². The summed E-state index contributed by atoms with van der Waals surface area (Å²) < 4.78 is 11.2. The Labute approximate surface area is 96.4 Å². The quantitative estimate of drug-likeness (QED) is 0.833. The lowest BCUT2D eigenvalue weighted by atomic mass is 10.2. The third-order valence-electron chi connectivity index (χ3n) is 2.65. The highest BCUT2D eigenvalue weighted by atomic mass is 16.5. The van der Waals surface area contributed by atoms with Crippen molar-refractivity contribution in [2.24, 2.45) is 5.92 Å². The molecule has 0 radical (unpaired) electrons. The van der Waals surface area contributed by atoms with Crippen molar-refractivity contribution in [3.05, 3.63) is 17.8 Å². The molecule has 1 aliphatic heterocycles. The first-order valence-electron chi connectivity index (χ1n) is 6.02. The topological polar surface area (TPSA) is 47.3 Å². The largest absolute Gasteiger partial charge is 0.442 e. The zero-order valence-electron chi connectivity index (χ0n) is 10.0. The van der Waals surface area contributed by atoms with Crippen LogP contribution in [0.4, 0.5) is 0 Å². The second-order valence-corrected chi connectivity index (χ2v) is 4.68. The van der Waals surface area contributed by atoms with Crippen LogP contribution in [0.2, 0.25) is 0 Å². The van der Waals surface area contributed by atoms with E-state index in [1.807, 2.05) is 0 Å². The van der Waals surface area contributed by atoms with E-state index in [1.54, 1.807) is 6.20 Å². The van der Waals surface area contributed by atoms with Crippen molar-refractivity contribution < 1.29 is 9.15 Å². The highest BCUT2D eigenvalue weighted by molar-refractivity contribution is 4.99. The molecule has 90 valence electrons. The SMILES string of the molecule is CC(C)CNCc1ncc(C2CCCO2)o1. The average Bonchev–Trinajstić information content (AvgIpc) is 2.85. The van der Waals surface area contributed by atoms with E-state index < -0.39 is 0 Å². The summed E-state index contributed by atoms with van der Waals surface area (Å²) in [5.41, 5.74) is 0. The highest BCUT2D eigenvalue weighted by Crippen LogP contribution is 2.28. The highest BCUT2D eigenvalue weighted by Gasteiger charge is 2.21. The van der Waals surface area contributed by atoms with Crippen molar-refractivity contribution in [3.63, 3.8) is 0 Å². The van der Waals surface area contributed by atoms with Crippen LogP contribution in [0.1, 0.15) is 44.4 Å². The second-order valence-electron chi connectivity index (χ2n) is 4.68. The summed E-state index contributed by atoms with van der Waals surface area (Å²) in [6.45, 7) is 6.88. The Bertz CT molecular complexity index is 317. The lowest BCUT2D eigenvalue weighted by Gasteiger charge is -2.05. The fourth-order valence-electron chi connectivity index (χ4n) is 1.82. The fraction of sp³-hybridized carbons (Fsp3) is 0.750.